The number of amides is 7. The lowest BCUT2D eigenvalue weighted by molar-refractivity contribution is -0.131. The van der Waals surface area contributed by atoms with Gasteiger partial charge in [-0.25, -0.2) is 9.59 Å². The van der Waals surface area contributed by atoms with Crippen molar-refractivity contribution in [3.8, 4) is 0 Å². The van der Waals surface area contributed by atoms with Crippen molar-refractivity contribution in [2.24, 2.45) is 17.4 Å². The highest BCUT2D eigenvalue weighted by Crippen LogP contribution is 2.19. The Bertz CT molecular complexity index is 1170. The van der Waals surface area contributed by atoms with E-state index in [0.717, 1.165) is 0 Å². The molecular formula is C28H41N9O5S. The van der Waals surface area contributed by atoms with Gasteiger partial charge >= 0.3 is 12.1 Å². The largest absolute Gasteiger partial charge is 0.375 e. The van der Waals surface area contributed by atoms with E-state index in [1.165, 1.54) is 4.90 Å². The standard InChI is InChI=1S/C28H41N9O5S/c29-27(41)33-13-4-7-20(25(39)36-23(26(40)32-15-16-43)11-6-14-34-28(30)42)19-37(22-9-2-1-3-10-22)24(38)18-35-21-8-5-12-31-17-21/h1-3,5,8-10,12,17,20,23,35,43H,4,6-7,11,13-16,18-19H2,(H,32,40)(H,36,39)(H3,29,33,41)(H3,30,34,42). The zero-order chi connectivity index (χ0) is 31.5. The average molecular weight is 616 g/mol. The van der Waals surface area contributed by atoms with Crippen molar-refractivity contribution in [3.63, 3.8) is 0 Å². The highest BCUT2D eigenvalue weighted by Gasteiger charge is 2.29. The highest BCUT2D eigenvalue weighted by molar-refractivity contribution is 7.80. The molecule has 0 fully saturated rings. The topological polar surface area (TPSA) is 214 Å². The second-order valence-electron chi connectivity index (χ2n) is 9.57. The number of para-hydroxylation sites is 1. The third-order valence-electron chi connectivity index (χ3n) is 6.29. The number of nitrogens with two attached hydrogens (primary N) is 2. The second kappa shape index (κ2) is 19.6. The Balaban J connectivity index is 2.25. The van der Waals surface area contributed by atoms with Gasteiger partial charge in [-0.15, -0.1) is 0 Å². The Morgan fingerprint density at radius 2 is 1.51 bits per heavy atom. The molecule has 2 rings (SSSR count). The van der Waals surface area contributed by atoms with Crippen molar-refractivity contribution in [3.05, 3.63) is 54.9 Å². The molecule has 14 nitrogen and oxygen atoms in total. The van der Waals surface area contributed by atoms with E-state index in [0.29, 0.717) is 36.5 Å². The Morgan fingerprint density at radius 3 is 2.12 bits per heavy atom. The Hall–Kier alpha value is -4.53. The monoisotopic (exact) mass is 615 g/mol. The number of carbonyl (C=O) groups is 5. The molecule has 7 amide bonds. The van der Waals surface area contributed by atoms with Crippen LogP contribution in [0.15, 0.2) is 54.9 Å². The van der Waals surface area contributed by atoms with Gasteiger partial charge in [-0.3, -0.25) is 19.4 Å². The number of rotatable bonds is 19. The van der Waals surface area contributed by atoms with Gasteiger partial charge in [0, 0.05) is 50.0 Å². The summed E-state index contributed by atoms with van der Waals surface area (Å²) >= 11 is 4.12. The summed E-state index contributed by atoms with van der Waals surface area (Å²) in [6.07, 6.45) is 4.51. The van der Waals surface area contributed by atoms with E-state index in [1.54, 1.807) is 48.8 Å². The predicted octanol–water partition coefficient (Wildman–Crippen LogP) is 0.571. The van der Waals surface area contributed by atoms with E-state index >= 15 is 0 Å². The zero-order valence-corrected chi connectivity index (χ0v) is 24.9. The minimum Gasteiger partial charge on any atom is -0.375 e. The third-order valence-corrected chi connectivity index (χ3v) is 6.51. The number of anilines is 2. The van der Waals surface area contributed by atoms with Crippen LogP contribution in [0.2, 0.25) is 0 Å². The molecule has 0 radical (unpaired) electrons. The molecule has 0 bridgehead atoms. The number of thiol groups is 1. The van der Waals surface area contributed by atoms with Gasteiger partial charge in [0.15, 0.2) is 0 Å². The summed E-state index contributed by atoms with van der Waals surface area (Å²) < 4.78 is 0. The summed E-state index contributed by atoms with van der Waals surface area (Å²) in [7, 11) is 0. The summed E-state index contributed by atoms with van der Waals surface area (Å²) in [6.45, 7) is 0.708. The van der Waals surface area contributed by atoms with E-state index < -0.39 is 35.8 Å². The molecule has 0 saturated carbocycles. The Kier molecular flexibility index (Phi) is 15.8. The van der Waals surface area contributed by atoms with Crippen molar-refractivity contribution in [1.82, 2.24) is 26.3 Å². The van der Waals surface area contributed by atoms with Crippen LogP contribution in [0.4, 0.5) is 21.0 Å². The summed E-state index contributed by atoms with van der Waals surface area (Å²) in [6, 6.07) is 10.2. The van der Waals surface area contributed by atoms with Crippen LogP contribution in [0, 0.1) is 5.92 Å². The molecule has 2 unspecified atom stereocenters. The van der Waals surface area contributed by atoms with Crippen molar-refractivity contribution in [2.45, 2.75) is 31.7 Å². The maximum atomic E-state index is 13.7. The predicted molar refractivity (Wildman–Crippen MR) is 167 cm³/mol. The number of urea groups is 2. The van der Waals surface area contributed by atoms with E-state index in [9.17, 15) is 24.0 Å². The first-order valence-corrected chi connectivity index (χ1v) is 14.6. The molecule has 0 aliphatic carbocycles. The number of primary amides is 2. The Labute approximate surface area is 256 Å². The fraction of sp³-hybridized carbons (Fsp3) is 0.429. The molecule has 0 aliphatic rings. The van der Waals surface area contributed by atoms with Crippen molar-refractivity contribution >= 4 is 53.8 Å². The highest BCUT2D eigenvalue weighted by atomic mass is 32.1. The van der Waals surface area contributed by atoms with Gasteiger partial charge < -0.3 is 43.0 Å². The number of nitrogens with zero attached hydrogens (tertiary/aromatic N) is 2. The number of carbonyl (C=O) groups excluding carboxylic acids is 5. The first-order chi connectivity index (χ1) is 20.7. The number of benzene rings is 1. The van der Waals surface area contributed by atoms with Crippen LogP contribution in [-0.4, -0.2) is 79.3 Å². The maximum Gasteiger partial charge on any atom is 0.312 e. The molecule has 15 heteroatoms. The second-order valence-corrected chi connectivity index (χ2v) is 10.0. The average Bonchev–Trinajstić information content (AvgIpc) is 3.00. The minimum atomic E-state index is -0.901. The minimum absolute atomic E-state index is 0.00812. The van der Waals surface area contributed by atoms with Gasteiger partial charge in [-0.2, -0.15) is 12.6 Å². The van der Waals surface area contributed by atoms with Crippen molar-refractivity contribution in [2.75, 3.05) is 48.7 Å². The van der Waals surface area contributed by atoms with Crippen LogP contribution < -0.4 is 43.0 Å². The summed E-state index contributed by atoms with van der Waals surface area (Å²) in [4.78, 5) is 67.8. The Morgan fingerprint density at radius 1 is 0.837 bits per heavy atom. The van der Waals surface area contributed by atoms with Crippen LogP contribution >= 0.6 is 12.6 Å². The first kappa shape index (κ1) is 34.7. The third kappa shape index (κ3) is 13.8. The van der Waals surface area contributed by atoms with Crippen LogP contribution in [0.3, 0.4) is 0 Å². The number of nitrogens with one attached hydrogen (secondary N) is 5. The lowest BCUT2D eigenvalue weighted by Gasteiger charge is -2.29. The number of aromatic nitrogens is 1. The van der Waals surface area contributed by atoms with Gasteiger partial charge in [0.05, 0.1) is 18.2 Å². The summed E-state index contributed by atoms with van der Waals surface area (Å²) in [5.74, 6) is -1.47. The summed E-state index contributed by atoms with van der Waals surface area (Å²) in [5, 5.41) is 13.6. The zero-order valence-electron chi connectivity index (χ0n) is 24.0. The van der Waals surface area contributed by atoms with E-state index in [2.05, 4.69) is 44.2 Å². The van der Waals surface area contributed by atoms with E-state index in [4.69, 9.17) is 11.5 Å². The summed E-state index contributed by atoms with van der Waals surface area (Å²) in [5.41, 5.74) is 11.6. The van der Waals surface area contributed by atoms with Gasteiger partial charge in [-0.05, 0) is 49.9 Å². The molecule has 234 valence electrons. The fourth-order valence-electron chi connectivity index (χ4n) is 4.16. The number of hydrogen-bond acceptors (Lipinski definition) is 8. The van der Waals surface area contributed by atoms with Crippen LogP contribution in [-0.2, 0) is 14.4 Å². The lowest BCUT2D eigenvalue weighted by Crippen LogP contribution is -2.51. The number of hydrogen-bond donors (Lipinski definition) is 8. The van der Waals surface area contributed by atoms with Crippen LogP contribution in [0.1, 0.15) is 25.7 Å². The van der Waals surface area contributed by atoms with Gasteiger partial charge in [0.1, 0.15) is 6.04 Å². The molecule has 2 atom stereocenters. The first-order valence-electron chi connectivity index (χ1n) is 14.0. The lowest BCUT2D eigenvalue weighted by atomic mass is 9.99. The normalized spacial score (nSPS) is 11.8. The van der Waals surface area contributed by atoms with Crippen LogP contribution in [0.5, 0.6) is 0 Å². The molecule has 0 aliphatic heterocycles. The smallest absolute Gasteiger partial charge is 0.312 e. The van der Waals surface area contributed by atoms with Crippen LogP contribution in [0.25, 0.3) is 0 Å². The van der Waals surface area contributed by atoms with Crippen molar-refractivity contribution in [1.29, 1.82) is 0 Å². The van der Waals surface area contributed by atoms with E-state index in [-0.39, 0.29) is 44.9 Å². The molecule has 0 saturated heterocycles. The van der Waals surface area contributed by atoms with Gasteiger partial charge in [-0.1, -0.05) is 18.2 Å². The molecule has 9 N–H and O–H groups in total. The molecule has 0 spiro atoms. The SMILES string of the molecule is NC(=O)NCCCC(CN(C(=O)CNc1cccnc1)c1ccccc1)C(=O)NC(CCCNC(N)=O)C(=O)NCCS. The van der Waals surface area contributed by atoms with Gasteiger partial charge in [0.25, 0.3) is 0 Å². The number of pyridine rings is 1. The molecule has 1 heterocycles. The van der Waals surface area contributed by atoms with E-state index in [1.807, 2.05) is 6.07 Å². The molecule has 1 aromatic carbocycles. The molecule has 43 heavy (non-hydrogen) atoms. The fourth-order valence-corrected chi connectivity index (χ4v) is 4.28. The molecule has 1 aromatic heterocycles. The molecular weight excluding hydrogens is 574 g/mol. The maximum absolute atomic E-state index is 13.7. The van der Waals surface area contributed by atoms with Crippen molar-refractivity contribution < 1.29 is 24.0 Å². The quantitative estimate of drug-likeness (QED) is 0.0830. The van der Waals surface area contributed by atoms with Gasteiger partial charge in [0.2, 0.25) is 17.7 Å². The molecule has 2 aromatic rings.